The van der Waals surface area contributed by atoms with Crippen LogP contribution in [0.5, 0.6) is 0 Å². The first-order valence-electron chi connectivity index (χ1n) is 5.20. The van der Waals surface area contributed by atoms with Crippen LogP contribution in [0.2, 0.25) is 0 Å². The maximum absolute atomic E-state index is 5.66. The Morgan fingerprint density at radius 3 is 2.80 bits per heavy atom. The lowest BCUT2D eigenvalue weighted by Gasteiger charge is -2.05. The van der Waals surface area contributed by atoms with Gasteiger partial charge in [0.15, 0.2) is 0 Å². The van der Waals surface area contributed by atoms with E-state index in [2.05, 4.69) is 29.4 Å². The molecule has 15 heavy (non-hydrogen) atoms. The molecular weight excluding hydrogens is 186 g/mol. The van der Waals surface area contributed by atoms with Crippen molar-refractivity contribution in [1.29, 1.82) is 0 Å². The van der Waals surface area contributed by atoms with E-state index in [0.29, 0.717) is 5.82 Å². The third-order valence-electron chi connectivity index (χ3n) is 2.32. The molecule has 1 heterocycles. The molecule has 0 aliphatic heterocycles. The van der Waals surface area contributed by atoms with Gasteiger partial charge in [0.25, 0.3) is 0 Å². The Morgan fingerprint density at radius 1 is 1.47 bits per heavy atom. The second kappa shape index (κ2) is 5.51. The SMILES string of the molecule is CNCCC=Cc1c(C)cc(N)nc1C. The third-order valence-corrected chi connectivity index (χ3v) is 2.32. The van der Waals surface area contributed by atoms with E-state index < -0.39 is 0 Å². The summed E-state index contributed by atoms with van der Waals surface area (Å²) in [6.45, 7) is 5.04. The molecule has 0 fully saturated rings. The molecule has 0 aromatic carbocycles. The summed E-state index contributed by atoms with van der Waals surface area (Å²) in [5, 5.41) is 3.11. The molecule has 0 bridgehead atoms. The zero-order chi connectivity index (χ0) is 11.3. The van der Waals surface area contributed by atoms with Gasteiger partial charge in [-0.15, -0.1) is 0 Å². The van der Waals surface area contributed by atoms with E-state index in [-0.39, 0.29) is 0 Å². The predicted molar refractivity (Wildman–Crippen MR) is 65.7 cm³/mol. The van der Waals surface area contributed by atoms with Crippen molar-refractivity contribution in [2.75, 3.05) is 19.3 Å². The predicted octanol–water partition coefficient (Wildman–Crippen LogP) is 1.90. The largest absolute Gasteiger partial charge is 0.384 e. The van der Waals surface area contributed by atoms with E-state index in [0.717, 1.165) is 18.7 Å². The number of nitrogen functional groups attached to an aromatic ring is 1. The number of rotatable bonds is 4. The first-order chi connectivity index (χ1) is 7.15. The minimum Gasteiger partial charge on any atom is -0.384 e. The van der Waals surface area contributed by atoms with Gasteiger partial charge >= 0.3 is 0 Å². The lowest BCUT2D eigenvalue weighted by atomic mass is 10.1. The van der Waals surface area contributed by atoms with Crippen molar-refractivity contribution in [3.8, 4) is 0 Å². The molecule has 0 amide bonds. The molecule has 82 valence electrons. The van der Waals surface area contributed by atoms with Crippen LogP contribution in [-0.2, 0) is 0 Å². The zero-order valence-electron chi connectivity index (χ0n) is 9.67. The molecule has 3 nitrogen and oxygen atoms in total. The number of aryl methyl sites for hydroxylation is 2. The average molecular weight is 205 g/mol. The summed E-state index contributed by atoms with van der Waals surface area (Å²) in [6.07, 6.45) is 5.30. The summed E-state index contributed by atoms with van der Waals surface area (Å²) in [5.41, 5.74) is 9.02. The fraction of sp³-hybridized carbons (Fsp3) is 0.417. The van der Waals surface area contributed by atoms with Gasteiger partial charge in [-0.25, -0.2) is 4.98 Å². The Kier molecular flexibility index (Phi) is 4.31. The van der Waals surface area contributed by atoms with Crippen molar-refractivity contribution in [1.82, 2.24) is 10.3 Å². The number of aromatic nitrogens is 1. The van der Waals surface area contributed by atoms with Crippen LogP contribution in [0.25, 0.3) is 6.08 Å². The highest BCUT2D eigenvalue weighted by molar-refractivity contribution is 5.58. The molecule has 0 atom stereocenters. The van der Waals surface area contributed by atoms with Crippen LogP contribution in [0.1, 0.15) is 23.2 Å². The lowest BCUT2D eigenvalue weighted by Crippen LogP contribution is -2.05. The number of nitrogens with two attached hydrogens (primary N) is 1. The van der Waals surface area contributed by atoms with Gasteiger partial charge in [-0.1, -0.05) is 12.2 Å². The summed E-state index contributed by atoms with van der Waals surface area (Å²) in [7, 11) is 1.95. The van der Waals surface area contributed by atoms with E-state index in [1.165, 1.54) is 11.1 Å². The molecule has 1 aromatic rings. The average Bonchev–Trinajstić information content (AvgIpc) is 2.15. The van der Waals surface area contributed by atoms with Gasteiger partial charge in [0.05, 0.1) is 0 Å². The molecule has 0 saturated carbocycles. The minimum atomic E-state index is 0.595. The van der Waals surface area contributed by atoms with Crippen LogP contribution in [0.15, 0.2) is 12.1 Å². The molecule has 0 saturated heterocycles. The first-order valence-corrected chi connectivity index (χ1v) is 5.20. The van der Waals surface area contributed by atoms with Gasteiger partial charge in [0.1, 0.15) is 5.82 Å². The molecule has 3 N–H and O–H groups in total. The van der Waals surface area contributed by atoms with E-state index in [1.54, 1.807) is 0 Å². The van der Waals surface area contributed by atoms with Crippen LogP contribution in [0, 0.1) is 13.8 Å². The maximum Gasteiger partial charge on any atom is 0.123 e. The Morgan fingerprint density at radius 2 is 2.20 bits per heavy atom. The maximum atomic E-state index is 5.66. The normalized spacial score (nSPS) is 11.1. The fourth-order valence-electron chi connectivity index (χ4n) is 1.55. The van der Waals surface area contributed by atoms with Crippen molar-refractivity contribution in [2.24, 2.45) is 0 Å². The fourth-order valence-corrected chi connectivity index (χ4v) is 1.55. The summed E-state index contributed by atoms with van der Waals surface area (Å²) in [4.78, 5) is 4.24. The highest BCUT2D eigenvalue weighted by Crippen LogP contribution is 2.16. The number of pyridine rings is 1. The third kappa shape index (κ3) is 3.36. The van der Waals surface area contributed by atoms with Crippen LogP contribution in [-0.4, -0.2) is 18.6 Å². The molecule has 3 heteroatoms. The van der Waals surface area contributed by atoms with Gasteiger partial charge in [-0.3, -0.25) is 0 Å². The van der Waals surface area contributed by atoms with Crippen LogP contribution < -0.4 is 11.1 Å². The quantitative estimate of drug-likeness (QED) is 0.738. The van der Waals surface area contributed by atoms with Crippen molar-refractivity contribution < 1.29 is 0 Å². The topological polar surface area (TPSA) is 50.9 Å². The Balaban J connectivity index is 2.80. The highest BCUT2D eigenvalue weighted by atomic mass is 14.8. The van der Waals surface area contributed by atoms with Gasteiger partial charge in [0, 0.05) is 5.69 Å². The van der Waals surface area contributed by atoms with E-state index in [9.17, 15) is 0 Å². The monoisotopic (exact) mass is 205 g/mol. The Labute approximate surface area is 91.4 Å². The smallest absolute Gasteiger partial charge is 0.123 e. The molecule has 0 spiro atoms. The first kappa shape index (κ1) is 11.7. The van der Waals surface area contributed by atoms with Crippen LogP contribution in [0.3, 0.4) is 0 Å². The summed E-state index contributed by atoms with van der Waals surface area (Å²) < 4.78 is 0. The number of anilines is 1. The van der Waals surface area contributed by atoms with Crippen molar-refractivity contribution in [3.05, 3.63) is 29.0 Å². The molecule has 0 aliphatic rings. The van der Waals surface area contributed by atoms with Gasteiger partial charge in [-0.05, 0) is 51.1 Å². The lowest BCUT2D eigenvalue weighted by molar-refractivity contribution is 0.809. The van der Waals surface area contributed by atoms with Crippen molar-refractivity contribution >= 4 is 11.9 Å². The molecule has 0 radical (unpaired) electrons. The summed E-state index contributed by atoms with van der Waals surface area (Å²) >= 11 is 0. The zero-order valence-corrected chi connectivity index (χ0v) is 9.67. The second-order valence-corrected chi connectivity index (χ2v) is 3.66. The summed E-state index contributed by atoms with van der Waals surface area (Å²) in [5.74, 6) is 0.595. The Bertz CT molecular complexity index is 333. The van der Waals surface area contributed by atoms with Crippen LogP contribution in [0.4, 0.5) is 5.82 Å². The number of nitrogens with one attached hydrogen (secondary N) is 1. The molecule has 1 aromatic heterocycles. The Hall–Kier alpha value is -1.35. The molecule has 0 aliphatic carbocycles. The molecular formula is C12H19N3. The molecule has 1 rings (SSSR count). The van der Waals surface area contributed by atoms with Crippen LogP contribution >= 0.6 is 0 Å². The minimum absolute atomic E-state index is 0.595. The van der Waals surface area contributed by atoms with Crippen molar-refractivity contribution in [2.45, 2.75) is 20.3 Å². The van der Waals surface area contributed by atoms with Gasteiger partial charge in [-0.2, -0.15) is 0 Å². The standard InChI is InChI=1S/C12H19N3/c1-9-8-12(13)15-10(2)11(9)6-4-5-7-14-3/h4,6,8,14H,5,7H2,1-3H3,(H2,13,15). The van der Waals surface area contributed by atoms with E-state index in [4.69, 9.17) is 5.73 Å². The van der Waals surface area contributed by atoms with E-state index in [1.807, 2.05) is 20.0 Å². The number of nitrogens with zero attached hydrogens (tertiary/aromatic N) is 1. The number of hydrogen-bond acceptors (Lipinski definition) is 3. The highest BCUT2D eigenvalue weighted by Gasteiger charge is 2.01. The molecule has 0 unspecified atom stereocenters. The van der Waals surface area contributed by atoms with Gasteiger partial charge < -0.3 is 11.1 Å². The summed E-state index contributed by atoms with van der Waals surface area (Å²) in [6, 6.07) is 1.91. The second-order valence-electron chi connectivity index (χ2n) is 3.66. The number of hydrogen-bond donors (Lipinski definition) is 2. The van der Waals surface area contributed by atoms with E-state index >= 15 is 0 Å². The van der Waals surface area contributed by atoms with Gasteiger partial charge in [0.2, 0.25) is 0 Å². The van der Waals surface area contributed by atoms with Crippen molar-refractivity contribution in [3.63, 3.8) is 0 Å².